The van der Waals surface area contributed by atoms with Crippen LogP contribution in [0.2, 0.25) is 0 Å². The lowest BCUT2D eigenvalue weighted by Crippen LogP contribution is -2.53. The molecule has 13 heteroatoms. The van der Waals surface area contributed by atoms with Crippen LogP contribution in [0, 0.1) is 0 Å². The van der Waals surface area contributed by atoms with Crippen molar-refractivity contribution in [2.45, 2.75) is 63.9 Å². The number of benzene rings is 1. The summed E-state index contributed by atoms with van der Waals surface area (Å²) in [6, 6.07) is 7.85. The van der Waals surface area contributed by atoms with Crippen molar-refractivity contribution in [2.24, 2.45) is 0 Å². The fraction of sp³-hybridized carbons (Fsp3) is 0.478. The zero-order chi connectivity index (χ0) is 26.7. The van der Waals surface area contributed by atoms with Gasteiger partial charge in [-0.3, -0.25) is 9.59 Å². The molecule has 1 fully saturated rings. The molecule has 1 aromatic carbocycles. The number of para-hydroxylation sites is 1. The smallest absolute Gasteiger partial charge is 0.323 e. The van der Waals surface area contributed by atoms with Crippen LogP contribution in [-0.4, -0.2) is 69.8 Å². The van der Waals surface area contributed by atoms with Crippen molar-refractivity contribution in [2.75, 3.05) is 6.61 Å². The van der Waals surface area contributed by atoms with Gasteiger partial charge >= 0.3 is 12.6 Å². The van der Waals surface area contributed by atoms with Gasteiger partial charge in [0.15, 0.2) is 6.23 Å². The van der Waals surface area contributed by atoms with Crippen LogP contribution in [0.15, 0.2) is 55.0 Å². The van der Waals surface area contributed by atoms with E-state index in [-0.39, 0.29) is 24.4 Å². The second kappa shape index (κ2) is 11.4. The normalized spacial score (nSPS) is 28.5. The fourth-order valence-electron chi connectivity index (χ4n) is 3.59. The number of aliphatic hydroxyl groups is 2. The molecule has 2 aliphatic rings. The van der Waals surface area contributed by atoms with Gasteiger partial charge in [0.05, 0.1) is 12.7 Å². The van der Waals surface area contributed by atoms with Gasteiger partial charge in [0.25, 0.3) is 5.91 Å². The minimum absolute atomic E-state index is 0.179. The lowest BCUT2D eigenvalue weighted by Gasteiger charge is -2.37. The van der Waals surface area contributed by atoms with E-state index in [9.17, 15) is 19.8 Å². The Morgan fingerprint density at radius 2 is 2.03 bits per heavy atom. The third-order valence-corrected chi connectivity index (χ3v) is 7.91. The molecule has 2 heterocycles. The first-order valence-corrected chi connectivity index (χ1v) is 14.0. The molecule has 0 saturated carbocycles. The van der Waals surface area contributed by atoms with E-state index in [1.807, 2.05) is 6.07 Å². The van der Waals surface area contributed by atoms with Gasteiger partial charge in [-0.05, 0) is 51.6 Å². The molecule has 3 rings (SSSR count). The quantitative estimate of drug-likeness (QED) is 0.253. The van der Waals surface area contributed by atoms with Crippen molar-refractivity contribution in [1.29, 1.82) is 0 Å². The molecule has 0 spiro atoms. The first-order valence-electron chi connectivity index (χ1n) is 11.3. The van der Waals surface area contributed by atoms with E-state index in [2.05, 4.69) is 17.0 Å². The maximum absolute atomic E-state index is 12.4. The summed E-state index contributed by atoms with van der Waals surface area (Å²) in [5.41, 5.74) is -1.76. The first kappa shape index (κ1) is 28.3. The monoisotopic (exact) mass is 541 g/mol. The Morgan fingerprint density at radius 1 is 1.36 bits per heavy atom. The standard InChI is InChI=1S/C23H32N3O8PS/c1-14(2)32-21(29)15(3)25-35(36,34-17-9-7-6-8-10-17)31-13-18-20(28)23(5,30)22(33-18)26-12-11-19(27)24-16(26)4/h6-12,14-15,18,20,22,28,30H,4,13H2,1-3,5H3,(H,24,27)(H,25,36)/t15-,18+,20+,22+,23+,35+/m0/s1. The van der Waals surface area contributed by atoms with Gasteiger partial charge in [-0.1, -0.05) is 24.8 Å². The molecule has 0 bridgehead atoms. The van der Waals surface area contributed by atoms with Gasteiger partial charge in [0.1, 0.15) is 35.4 Å². The zero-order valence-electron chi connectivity index (χ0n) is 20.5. The SMILES string of the molecule is C=C1NC(=O)C=CN1[C@@H]1O[C@H](CO[P@](=S)(N[C@@H](C)C(=O)OC(C)C)Oc2ccccc2)[C@@H](O)[C@@]1(C)O. The third kappa shape index (κ3) is 6.71. The lowest BCUT2D eigenvalue weighted by atomic mass is 9.96. The summed E-state index contributed by atoms with van der Waals surface area (Å²) in [5, 5.41) is 27.3. The Kier molecular flexibility index (Phi) is 8.94. The number of ether oxygens (including phenoxy) is 2. The number of hydrogen-bond donors (Lipinski definition) is 4. The molecule has 4 N–H and O–H groups in total. The number of aliphatic hydroxyl groups excluding tert-OH is 1. The summed E-state index contributed by atoms with van der Waals surface area (Å²) in [6.45, 7) is 6.55. The summed E-state index contributed by atoms with van der Waals surface area (Å²) in [7, 11) is 0. The Morgan fingerprint density at radius 3 is 2.64 bits per heavy atom. The van der Waals surface area contributed by atoms with Crippen molar-refractivity contribution >= 4 is 30.3 Å². The topological polar surface area (TPSA) is 139 Å². The highest BCUT2D eigenvalue weighted by Gasteiger charge is 2.55. The molecule has 0 radical (unpaired) electrons. The molecule has 36 heavy (non-hydrogen) atoms. The highest BCUT2D eigenvalue weighted by Crippen LogP contribution is 2.46. The van der Waals surface area contributed by atoms with Crippen molar-refractivity contribution in [1.82, 2.24) is 15.3 Å². The molecule has 0 aliphatic carbocycles. The van der Waals surface area contributed by atoms with Crippen LogP contribution < -0.4 is 14.9 Å². The van der Waals surface area contributed by atoms with Gasteiger partial charge < -0.3 is 39.0 Å². The van der Waals surface area contributed by atoms with Gasteiger partial charge in [0, 0.05) is 12.3 Å². The number of amides is 1. The average molecular weight is 542 g/mol. The van der Waals surface area contributed by atoms with Crippen LogP contribution in [0.1, 0.15) is 27.7 Å². The molecule has 1 aromatic rings. The van der Waals surface area contributed by atoms with E-state index < -0.39 is 42.7 Å². The number of esters is 1. The van der Waals surface area contributed by atoms with E-state index in [4.69, 9.17) is 30.3 Å². The van der Waals surface area contributed by atoms with Gasteiger partial charge in [0.2, 0.25) is 0 Å². The van der Waals surface area contributed by atoms with Crippen LogP contribution in [0.25, 0.3) is 0 Å². The highest BCUT2D eigenvalue weighted by molar-refractivity contribution is 8.09. The maximum Gasteiger partial charge on any atom is 0.323 e. The van der Waals surface area contributed by atoms with Gasteiger partial charge in [-0.25, -0.2) is 5.09 Å². The summed E-state index contributed by atoms with van der Waals surface area (Å²) < 4.78 is 23.1. The molecular weight excluding hydrogens is 509 g/mol. The number of carbonyl (C=O) groups excluding carboxylic acids is 2. The predicted molar refractivity (Wildman–Crippen MR) is 135 cm³/mol. The van der Waals surface area contributed by atoms with Crippen LogP contribution in [0.5, 0.6) is 5.75 Å². The summed E-state index contributed by atoms with van der Waals surface area (Å²) in [4.78, 5) is 25.3. The van der Waals surface area contributed by atoms with Crippen LogP contribution in [0.4, 0.5) is 0 Å². The molecule has 6 atom stereocenters. The predicted octanol–water partition coefficient (Wildman–Crippen LogP) is 1.49. The Bertz CT molecular complexity index is 1050. The molecule has 11 nitrogen and oxygen atoms in total. The fourth-order valence-corrected chi connectivity index (χ4v) is 6.01. The average Bonchev–Trinajstić information content (AvgIpc) is 3.01. The Hall–Kier alpha value is -2.31. The minimum Gasteiger partial charge on any atom is -0.462 e. The van der Waals surface area contributed by atoms with Crippen molar-refractivity contribution < 1.29 is 38.3 Å². The Labute approximate surface area is 215 Å². The van der Waals surface area contributed by atoms with Gasteiger partial charge in [-0.2, -0.15) is 0 Å². The second-order valence-corrected chi connectivity index (χ2v) is 12.0. The largest absolute Gasteiger partial charge is 0.462 e. The third-order valence-electron chi connectivity index (χ3n) is 5.41. The molecule has 2 aliphatic heterocycles. The molecule has 198 valence electrons. The van der Waals surface area contributed by atoms with E-state index in [1.165, 1.54) is 24.1 Å². The zero-order valence-corrected chi connectivity index (χ0v) is 22.2. The van der Waals surface area contributed by atoms with E-state index >= 15 is 0 Å². The number of nitrogens with one attached hydrogen (secondary N) is 2. The van der Waals surface area contributed by atoms with E-state index in [0.717, 1.165) is 0 Å². The number of carbonyl (C=O) groups is 2. The van der Waals surface area contributed by atoms with Crippen molar-refractivity contribution in [3.8, 4) is 5.75 Å². The first-order chi connectivity index (χ1) is 16.8. The Balaban J connectivity index is 1.76. The molecule has 1 saturated heterocycles. The molecule has 0 unspecified atom stereocenters. The number of hydrogen-bond acceptors (Lipinski definition) is 10. The second-order valence-electron chi connectivity index (χ2n) is 8.89. The van der Waals surface area contributed by atoms with Crippen LogP contribution in [-0.2, 0) is 35.4 Å². The van der Waals surface area contributed by atoms with E-state index in [1.54, 1.807) is 45.0 Å². The summed E-state index contributed by atoms with van der Waals surface area (Å²) in [6.07, 6.45) is -1.15. The molecule has 1 amide bonds. The molecular formula is C23H32N3O8PS. The lowest BCUT2D eigenvalue weighted by molar-refractivity contribution is -0.149. The summed E-state index contributed by atoms with van der Waals surface area (Å²) >= 11 is 5.67. The van der Waals surface area contributed by atoms with Crippen molar-refractivity contribution in [3.63, 3.8) is 0 Å². The van der Waals surface area contributed by atoms with Crippen molar-refractivity contribution in [3.05, 3.63) is 55.0 Å². The summed E-state index contributed by atoms with van der Waals surface area (Å²) in [5.74, 6) is -0.305. The number of rotatable bonds is 10. The molecule has 0 aromatic heterocycles. The van der Waals surface area contributed by atoms with Gasteiger partial charge in [-0.15, -0.1) is 0 Å². The van der Waals surface area contributed by atoms with Crippen LogP contribution >= 0.6 is 6.64 Å². The van der Waals surface area contributed by atoms with E-state index in [0.29, 0.717) is 5.75 Å². The maximum atomic E-state index is 12.4. The van der Waals surface area contributed by atoms with Crippen LogP contribution in [0.3, 0.4) is 0 Å². The minimum atomic E-state index is -3.38. The highest BCUT2D eigenvalue weighted by atomic mass is 32.5. The number of nitrogens with zero attached hydrogens (tertiary/aromatic N) is 1.